The van der Waals surface area contributed by atoms with Gasteiger partial charge in [0.25, 0.3) is 5.91 Å². The molecule has 0 radical (unpaired) electrons. The standard InChI is InChI=1S/C20H29NO3/c1-3-16-4-6-17(7-5-16)19(22)21-11-8-20(9-12-21)10-13-24-15-18(20)14-23-2/h4-7,18H,3,8-15H2,1-2H3/t18-/m0/s1. The number of hydrogen-bond acceptors (Lipinski definition) is 3. The smallest absolute Gasteiger partial charge is 0.253 e. The summed E-state index contributed by atoms with van der Waals surface area (Å²) in [7, 11) is 1.76. The van der Waals surface area contributed by atoms with Gasteiger partial charge in [-0.3, -0.25) is 4.79 Å². The van der Waals surface area contributed by atoms with Crippen LogP contribution in [-0.4, -0.2) is 50.8 Å². The molecule has 2 aliphatic rings. The van der Waals surface area contributed by atoms with Crippen LogP contribution in [0.1, 0.15) is 42.1 Å². The van der Waals surface area contributed by atoms with Gasteiger partial charge in [0, 0.05) is 38.3 Å². The number of rotatable bonds is 4. The molecular weight excluding hydrogens is 302 g/mol. The van der Waals surface area contributed by atoms with Crippen LogP contribution in [0.2, 0.25) is 0 Å². The molecule has 1 aromatic carbocycles. The molecule has 1 amide bonds. The van der Waals surface area contributed by atoms with Crippen LogP contribution in [0, 0.1) is 11.3 Å². The van der Waals surface area contributed by atoms with E-state index >= 15 is 0 Å². The summed E-state index contributed by atoms with van der Waals surface area (Å²) >= 11 is 0. The molecule has 2 aliphatic heterocycles. The first kappa shape index (κ1) is 17.4. The monoisotopic (exact) mass is 331 g/mol. The highest BCUT2D eigenvalue weighted by molar-refractivity contribution is 5.94. The van der Waals surface area contributed by atoms with Gasteiger partial charge >= 0.3 is 0 Å². The minimum absolute atomic E-state index is 0.169. The summed E-state index contributed by atoms with van der Waals surface area (Å²) < 4.78 is 11.1. The van der Waals surface area contributed by atoms with Crippen LogP contribution in [0.5, 0.6) is 0 Å². The van der Waals surface area contributed by atoms with E-state index in [1.54, 1.807) is 7.11 Å². The Bertz CT molecular complexity index is 545. The fourth-order valence-electron chi connectivity index (χ4n) is 4.19. The number of piperidine rings is 1. The van der Waals surface area contributed by atoms with Gasteiger partial charge in [0.05, 0.1) is 13.2 Å². The second-order valence-electron chi connectivity index (χ2n) is 7.18. The number of aryl methyl sites for hydroxylation is 1. The van der Waals surface area contributed by atoms with E-state index in [2.05, 4.69) is 19.1 Å². The van der Waals surface area contributed by atoms with E-state index in [0.29, 0.717) is 5.92 Å². The molecule has 1 aromatic rings. The highest BCUT2D eigenvalue weighted by atomic mass is 16.5. The molecule has 0 N–H and O–H groups in total. The molecule has 4 nitrogen and oxygen atoms in total. The molecule has 1 atom stereocenters. The zero-order valence-electron chi connectivity index (χ0n) is 14.9. The van der Waals surface area contributed by atoms with Crippen LogP contribution >= 0.6 is 0 Å². The molecular formula is C20H29NO3. The molecule has 4 heteroatoms. The molecule has 2 heterocycles. The Morgan fingerprint density at radius 2 is 1.96 bits per heavy atom. The molecule has 2 saturated heterocycles. The quantitative estimate of drug-likeness (QED) is 0.851. The van der Waals surface area contributed by atoms with Crippen molar-refractivity contribution in [2.75, 3.05) is 40.0 Å². The van der Waals surface area contributed by atoms with Gasteiger partial charge in [0.15, 0.2) is 0 Å². The Morgan fingerprint density at radius 3 is 2.58 bits per heavy atom. The van der Waals surface area contributed by atoms with Gasteiger partial charge in [0.2, 0.25) is 0 Å². The Hall–Kier alpha value is -1.39. The Kier molecular flexibility index (Phi) is 5.57. The third-order valence-electron chi connectivity index (χ3n) is 5.95. The second-order valence-corrected chi connectivity index (χ2v) is 7.18. The maximum Gasteiger partial charge on any atom is 0.253 e. The first-order valence-electron chi connectivity index (χ1n) is 9.13. The number of nitrogens with zero attached hydrogens (tertiary/aromatic N) is 1. The van der Waals surface area contributed by atoms with Crippen molar-refractivity contribution in [2.45, 2.75) is 32.6 Å². The highest BCUT2D eigenvalue weighted by Gasteiger charge is 2.44. The van der Waals surface area contributed by atoms with Crippen LogP contribution in [-0.2, 0) is 15.9 Å². The maximum atomic E-state index is 12.8. The lowest BCUT2D eigenvalue weighted by Crippen LogP contribution is -2.50. The summed E-state index contributed by atoms with van der Waals surface area (Å²) in [5, 5.41) is 0. The second kappa shape index (κ2) is 7.66. The van der Waals surface area contributed by atoms with Crippen LogP contribution in [0.3, 0.4) is 0 Å². The lowest BCUT2D eigenvalue weighted by molar-refractivity contribution is -0.0912. The average Bonchev–Trinajstić information content (AvgIpc) is 2.64. The third kappa shape index (κ3) is 3.50. The predicted molar refractivity (Wildman–Crippen MR) is 94.2 cm³/mol. The Labute approximate surface area is 145 Å². The number of ether oxygens (including phenoxy) is 2. The number of likely N-dealkylation sites (tertiary alicyclic amines) is 1. The molecule has 0 saturated carbocycles. The minimum atomic E-state index is 0.169. The molecule has 0 unspecified atom stereocenters. The predicted octanol–water partition coefficient (Wildman–Crippen LogP) is 3.15. The van der Waals surface area contributed by atoms with Gasteiger partial charge in [0.1, 0.15) is 0 Å². The summed E-state index contributed by atoms with van der Waals surface area (Å²) in [6.07, 6.45) is 4.21. The van der Waals surface area contributed by atoms with Crippen LogP contribution in [0.4, 0.5) is 0 Å². The van der Waals surface area contributed by atoms with Crippen LogP contribution in [0.25, 0.3) is 0 Å². The van der Waals surface area contributed by atoms with Gasteiger partial charge in [-0.05, 0) is 48.8 Å². The van der Waals surface area contributed by atoms with Gasteiger partial charge < -0.3 is 14.4 Å². The van der Waals surface area contributed by atoms with Crippen LogP contribution in [0.15, 0.2) is 24.3 Å². The van der Waals surface area contributed by atoms with Crippen molar-refractivity contribution >= 4 is 5.91 Å². The lowest BCUT2D eigenvalue weighted by Gasteiger charge is -2.48. The van der Waals surface area contributed by atoms with Gasteiger partial charge in [-0.2, -0.15) is 0 Å². The van der Waals surface area contributed by atoms with Crippen molar-refractivity contribution < 1.29 is 14.3 Å². The molecule has 0 bridgehead atoms. The number of benzene rings is 1. The van der Waals surface area contributed by atoms with E-state index in [1.807, 2.05) is 17.0 Å². The van der Waals surface area contributed by atoms with Gasteiger partial charge in [-0.25, -0.2) is 0 Å². The molecule has 132 valence electrons. The van der Waals surface area contributed by atoms with E-state index in [1.165, 1.54) is 5.56 Å². The summed E-state index contributed by atoms with van der Waals surface area (Å²) in [6, 6.07) is 8.05. The van der Waals surface area contributed by atoms with E-state index in [4.69, 9.17) is 9.47 Å². The number of hydrogen-bond donors (Lipinski definition) is 0. The van der Waals surface area contributed by atoms with Crippen LogP contribution < -0.4 is 0 Å². The van der Waals surface area contributed by atoms with Crippen molar-refractivity contribution in [1.82, 2.24) is 4.90 Å². The lowest BCUT2D eigenvalue weighted by atomic mass is 9.66. The fourth-order valence-corrected chi connectivity index (χ4v) is 4.19. The zero-order valence-corrected chi connectivity index (χ0v) is 14.9. The van der Waals surface area contributed by atoms with E-state index in [-0.39, 0.29) is 11.3 Å². The minimum Gasteiger partial charge on any atom is -0.384 e. The molecule has 3 rings (SSSR count). The summed E-state index contributed by atoms with van der Waals surface area (Å²) in [5.74, 6) is 0.625. The highest BCUT2D eigenvalue weighted by Crippen LogP contribution is 2.44. The number of carbonyl (C=O) groups excluding carboxylic acids is 1. The van der Waals surface area contributed by atoms with E-state index < -0.39 is 0 Å². The summed E-state index contributed by atoms with van der Waals surface area (Å²) in [6.45, 7) is 6.20. The molecule has 2 fully saturated rings. The Morgan fingerprint density at radius 1 is 1.25 bits per heavy atom. The topological polar surface area (TPSA) is 38.8 Å². The fraction of sp³-hybridized carbons (Fsp3) is 0.650. The third-order valence-corrected chi connectivity index (χ3v) is 5.95. The van der Waals surface area contributed by atoms with Crippen molar-refractivity contribution in [3.05, 3.63) is 35.4 Å². The van der Waals surface area contributed by atoms with Crippen molar-refractivity contribution in [1.29, 1.82) is 0 Å². The molecule has 0 aliphatic carbocycles. The summed E-state index contributed by atoms with van der Waals surface area (Å²) in [5.41, 5.74) is 2.37. The number of carbonyl (C=O) groups is 1. The van der Waals surface area contributed by atoms with Crippen molar-refractivity contribution in [2.24, 2.45) is 11.3 Å². The van der Waals surface area contributed by atoms with Gasteiger partial charge in [-0.1, -0.05) is 19.1 Å². The first-order valence-corrected chi connectivity index (χ1v) is 9.13. The van der Waals surface area contributed by atoms with E-state index in [9.17, 15) is 4.79 Å². The SMILES string of the molecule is CCc1ccc(C(=O)N2CCC3(CCOC[C@@H]3COC)CC2)cc1. The first-order chi connectivity index (χ1) is 11.7. The summed E-state index contributed by atoms with van der Waals surface area (Å²) in [4.78, 5) is 14.8. The molecule has 24 heavy (non-hydrogen) atoms. The van der Waals surface area contributed by atoms with Crippen molar-refractivity contribution in [3.63, 3.8) is 0 Å². The van der Waals surface area contributed by atoms with Gasteiger partial charge in [-0.15, -0.1) is 0 Å². The normalized spacial score (nSPS) is 23.4. The number of amides is 1. The van der Waals surface area contributed by atoms with Crippen molar-refractivity contribution in [3.8, 4) is 0 Å². The Balaban J connectivity index is 1.64. The molecule has 0 aromatic heterocycles. The number of methoxy groups -OCH3 is 1. The largest absolute Gasteiger partial charge is 0.384 e. The zero-order chi connectivity index (χ0) is 17.0. The molecule has 1 spiro atoms. The van der Waals surface area contributed by atoms with E-state index in [0.717, 1.165) is 64.2 Å². The average molecular weight is 331 g/mol. The maximum absolute atomic E-state index is 12.8.